The highest BCUT2D eigenvalue weighted by molar-refractivity contribution is 5.99. The van der Waals surface area contributed by atoms with Crippen molar-refractivity contribution in [2.75, 3.05) is 58.9 Å². The molecule has 26 heavy (non-hydrogen) atoms. The SMILES string of the molecule is CCN1CCN(C(=O)c2cncc(C(=O)N3CCN(C=O)CC3)c2)CC1. The minimum absolute atomic E-state index is 0.0753. The lowest BCUT2D eigenvalue weighted by Gasteiger charge is -2.34. The number of amides is 3. The van der Waals surface area contributed by atoms with E-state index in [9.17, 15) is 14.4 Å². The molecule has 3 rings (SSSR count). The molecule has 0 saturated carbocycles. The summed E-state index contributed by atoms with van der Waals surface area (Å²) in [7, 11) is 0. The van der Waals surface area contributed by atoms with Gasteiger partial charge in [0.25, 0.3) is 11.8 Å². The van der Waals surface area contributed by atoms with Crippen molar-refractivity contribution >= 4 is 18.2 Å². The van der Waals surface area contributed by atoms with Crippen molar-refractivity contribution in [2.24, 2.45) is 0 Å². The highest BCUT2D eigenvalue weighted by atomic mass is 16.2. The van der Waals surface area contributed by atoms with Crippen molar-refractivity contribution in [3.63, 3.8) is 0 Å². The van der Waals surface area contributed by atoms with E-state index in [4.69, 9.17) is 0 Å². The van der Waals surface area contributed by atoms with Crippen molar-refractivity contribution in [2.45, 2.75) is 6.92 Å². The fourth-order valence-corrected chi connectivity index (χ4v) is 3.34. The van der Waals surface area contributed by atoms with Crippen LogP contribution in [0.5, 0.6) is 0 Å². The van der Waals surface area contributed by atoms with Crippen molar-refractivity contribution in [3.05, 3.63) is 29.6 Å². The summed E-state index contributed by atoms with van der Waals surface area (Å²) >= 11 is 0. The molecule has 1 aromatic rings. The van der Waals surface area contributed by atoms with Crippen LogP contribution in [0.25, 0.3) is 0 Å². The van der Waals surface area contributed by atoms with Gasteiger partial charge in [0.05, 0.1) is 11.1 Å². The maximum atomic E-state index is 12.7. The van der Waals surface area contributed by atoms with Crippen LogP contribution in [0.4, 0.5) is 0 Å². The van der Waals surface area contributed by atoms with Crippen molar-refractivity contribution in [3.8, 4) is 0 Å². The Bertz CT molecular complexity index is 665. The average Bonchev–Trinajstić information content (AvgIpc) is 2.73. The molecule has 0 spiro atoms. The lowest BCUT2D eigenvalue weighted by Crippen LogP contribution is -2.49. The van der Waals surface area contributed by atoms with Crippen LogP contribution < -0.4 is 0 Å². The molecule has 0 unspecified atom stereocenters. The van der Waals surface area contributed by atoms with E-state index in [0.29, 0.717) is 50.4 Å². The Labute approximate surface area is 153 Å². The third-order valence-corrected chi connectivity index (χ3v) is 5.09. The molecule has 2 fully saturated rings. The van der Waals surface area contributed by atoms with Crippen molar-refractivity contribution in [1.82, 2.24) is 24.6 Å². The summed E-state index contributed by atoms with van der Waals surface area (Å²) in [4.78, 5) is 47.8. The highest BCUT2D eigenvalue weighted by Crippen LogP contribution is 2.12. The van der Waals surface area contributed by atoms with Crippen LogP contribution >= 0.6 is 0 Å². The van der Waals surface area contributed by atoms with Gasteiger partial charge in [0.1, 0.15) is 0 Å². The third-order valence-electron chi connectivity index (χ3n) is 5.09. The van der Waals surface area contributed by atoms with E-state index in [-0.39, 0.29) is 11.8 Å². The first kappa shape index (κ1) is 18.3. The Morgan fingerprint density at radius 3 is 1.88 bits per heavy atom. The number of carbonyl (C=O) groups is 3. The summed E-state index contributed by atoms with van der Waals surface area (Å²) in [6, 6.07) is 1.63. The van der Waals surface area contributed by atoms with Crippen LogP contribution in [0.2, 0.25) is 0 Å². The Kier molecular flexibility index (Phi) is 5.82. The predicted molar refractivity (Wildman–Crippen MR) is 95.8 cm³/mol. The Balaban J connectivity index is 1.65. The normalized spacial score (nSPS) is 18.7. The molecule has 1 aromatic heterocycles. The van der Waals surface area contributed by atoms with E-state index in [1.165, 1.54) is 12.4 Å². The maximum absolute atomic E-state index is 12.7. The molecular weight excluding hydrogens is 334 g/mol. The molecule has 3 heterocycles. The molecule has 0 bridgehead atoms. The van der Waals surface area contributed by atoms with E-state index in [1.54, 1.807) is 15.9 Å². The van der Waals surface area contributed by atoms with Gasteiger partial charge in [0.2, 0.25) is 6.41 Å². The molecule has 2 saturated heterocycles. The monoisotopic (exact) mass is 359 g/mol. The molecule has 8 heteroatoms. The Hall–Kier alpha value is -2.48. The van der Waals surface area contributed by atoms with Crippen LogP contribution in [0.1, 0.15) is 27.6 Å². The van der Waals surface area contributed by atoms with Gasteiger partial charge in [-0.3, -0.25) is 19.4 Å². The first-order valence-corrected chi connectivity index (χ1v) is 9.07. The first-order valence-electron chi connectivity index (χ1n) is 9.07. The summed E-state index contributed by atoms with van der Waals surface area (Å²) in [5, 5.41) is 0. The average molecular weight is 359 g/mol. The lowest BCUT2D eigenvalue weighted by molar-refractivity contribution is -0.119. The van der Waals surface area contributed by atoms with Crippen LogP contribution in [0.3, 0.4) is 0 Å². The molecule has 0 aliphatic carbocycles. The van der Waals surface area contributed by atoms with Crippen LogP contribution in [-0.2, 0) is 4.79 Å². The Morgan fingerprint density at radius 1 is 0.923 bits per heavy atom. The summed E-state index contributed by atoms with van der Waals surface area (Å²) in [6.45, 7) is 8.29. The van der Waals surface area contributed by atoms with Gasteiger partial charge in [0, 0.05) is 64.8 Å². The first-order chi connectivity index (χ1) is 12.6. The maximum Gasteiger partial charge on any atom is 0.255 e. The number of nitrogens with zero attached hydrogens (tertiary/aromatic N) is 5. The van der Waals surface area contributed by atoms with Crippen LogP contribution in [-0.4, -0.2) is 102 Å². The van der Waals surface area contributed by atoms with Gasteiger partial charge < -0.3 is 19.6 Å². The molecule has 0 aromatic carbocycles. The zero-order valence-corrected chi connectivity index (χ0v) is 15.1. The van der Waals surface area contributed by atoms with E-state index < -0.39 is 0 Å². The van der Waals surface area contributed by atoms with E-state index in [2.05, 4.69) is 16.8 Å². The van der Waals surface area contributed by atoms with Gasteiger partial charge in [-0.1, -0.05) is 6.92 Å². The summed E-state index contributed by atoms with van der Waals surface area (Å²) in [5.74, 6) is -0.220. The number of carbonyl (C=O) groups excluding carboxylic acids is 3. The minimum Gasteiger partial charge on any atom is -0.342 e. The minimum atomic E-state index is -0.145. The summed E-state index contributed by atoms with van der Waals surface area (Å²) in [5.41, 5.74) is 0.870. The summed E-state index contributed by atoms with van der Waals surface area (Å²) in [6.07, 6.45) is 3.83. The zero-order valence-electron chi connectivity index (χ0n) is 15.1. The second kappa shape index (κ2) is 8.27. The molecule has 2 aliphatic rings. The van der Waals surface area contributed by atoms with Crippen molar-refractivity contribution in [1.29, 1.82) is 0 Å². The molecule has 0 N–H and O–H groups in total. The topological polar surface area (TPSA) is 77.1 Å². The van der Waals surface area contributed by atoms with Gasteiger partial charge in [-0.2, -0.15) is 0 Å². The smallest absolute Gasteiger partial charge is 0.255 e. The lowest BCUT2D eigenvalue weighted by atomic mass is 10.1. The standard InChI is InChI=1S/C18H25N5O3/c1-2-20-3-7-22(8-4-20)17(25)15-11-16(13-19-12-15)18(26)23-9-5-21(14-24)6-10-23/h11-14H,2-10H2,1H3. The predicted octanol–water partition coefficient (Wildman–Crippen LogP) is -0.226. The molecule has 8 nitrogen and oxygen atoms in total. The Morgan fingerprint density at radius 2 is 1.42 bits per heavy atom. The number of pyridine rings is 1. The van der Waals surface area contributed by atoms with Gasteiger partial charge in [-0.15, -0.1) is 0 Å². The quantitative estimate of drug-likeness (QED) is 0.695. The second-order valence-electron chi connectivity index (χ2n) is 6.62. The highest BCUT2D eigenvalue weighted by Gasteiger charge is 2.25. The fourth-order valence-electron chi connectivity index (χ4n) is 3.34. The molecule has 3 amide bonds. The number of aromatic nitrogens is 1. The number of piperazine rings is 2. The molecule has 0 atom stereocenters. The zero-order chi connectivity index (χ0) is 18.5. The molecule has 140 valence electrons. The van der Waals surface area contributed by atoms with Gasteiger partial charge >= 0.3 is 0 Å². The van der Waals surface area contributed by atoms with Crippen LogP contribution in [0.15, 0.2) is 18.5 Å². The second-order valence-corrected chi connectivity index (χ2v) is 6.62. The fraction of sp³-hybridized carbons (Fsp3) is 0.556. The van der Waals surface area contributed by atoms with E-state index in [0.717, 1.165) is 26.0 Å². The number of rotatable bonds is 4. The van der Waals surface area contributed by atoms with E-state index >= 15 is 0 Å². The molecular formula is C18H25N5O3. The van der Waals surface area contributed by atoms with E-state index in [1.807, 2.05) is 4.90 Å². The van der Waals surface area contributed by atoms with Crippen LogP contribution in [0, 0.1) is 0 Å². The third kappa shape index (κ3) is 4.01. The van der Waals surface area contributed by atoms with Gasteiger partial charge in [-0.05, 0) is 12.6 Å². The van der Waals surface area contributed by atoms with Gasteiger partial charge in [-0.25, -0.2) is 0 Å². The largest absolute Gasteiger partial charge is 0.342 e. The van der Waals surface area contributed by atoms with Gasteiger partial charge in [0.15, 0.2) is 0 Å². The number of hydrogen-bond donors (Lipinski definition) is 0. The van der Waals surface area contributed by atoms with Crippen molar-refractivity contribution < 1.29 is 14.4 Å². The molecule has 0 radical (unpaired) electrons. The number of likely N-dealkylation sites (N-methyl/N-ethyl adjacent to an activating group) is 1. The summed E-state index contributed by atoms with van der Waals surface area (Å²) < 4.78 is 0. The number of hydrogen-bond acceptors (Lipinski definition) is 5. The molecule has 2 aliphatic heterocycles.